The van der Waals surface area contributed by atoms with Crippen LogP contribution in [0.5, 0.6) is 0 Å². The van der Waals surface area contributed by atoms with Crippen LogP contribution >= 0.6 is 0 Å². The summed E-state index contributed by atoms with van der Waals surface area (Å²) < 4.78 is 16.0. The highest BCUT2D eigenvalue weighted by Crippen LogP contribution is 2.15. The number of hydrogen-bond acceptors (Lipinski definition) is 4. The Kier molecular flexibility index (Phi) is 2.56. The number of rotatable bonds is 1. The van der Waals surface area contributed by atoms with Gasteiger partial charge in [0, 0.05) is 11.9 Å². The average molecular weight is 295 g/mol. The second-order valence-corrected chi connectivity index (χ2v) is 4.90. The van der Waals surface area contributed by atoms with Crippen molar-refractivity contribution in [3.05, 3.63) is 64.7 Å². The molecule has 0 atom stereocenters. The predicted octanol–water partition coefficient (Wildman–Crippen LogP) is 1.88. The van der Waals surface area contributed by atoms with E-state index in [9.17, 15) is 9.18 Å². The molecule has 0 spiro atoms. The van der Waals surface area contributed by atoms with E-state index in [1.54, 1.807) is 31.3 Å². The van der Waals surface area contributed by atoms with Crippen LogP contribution in [0.25, 0.3) is 22.4 Å². The molecule has 0 aliphatic carbocycles. The quantitative estimate of drug-likeness (QED) is 0.538. The molecule has 0 unspecified atom stereocenters. The summed E-state index contributed by atoms with van der Waals surface area (Å²) in [5.41, 5.74) is 1.58. The molecule has 22 heavy (non-hydrogen) atoms. The second kappa shape index (κ2) is 4.45. The fourth-order valence-electron chi connectivity index (χ4n) is 2.54. The Morgan fingerprint density at radius 1 is 1.14 bits per heavy atom. The zero-order valence-electron chi connectivity index (χ0n) is 11.6. The van der Waals surface area contributed by atoms with Gasteiger partial charge in [0.15, 0.2) is 0 Å². The predicted molar refractivity (Wildman–Crippen MR) is 78.6 cm³/mol. The third-order valence-electron chi connectivity index (χ3n) is 3.56. The number of halogens is 1. The molecule has 0 bridgehead atoms. The van der Waals surface area contributed by atoms with Crippen LogP contribution in [0.3, 0.4) is 0 Å². The van der Waals surface area contributed by atoms with Crippen molar-refractivity contribution in [2.75, 3.05) is 0 Å². The number of pyridine rings is 1. The minimum atomic E-state index is -0.347. The summed E-state index contributed by atoms with van der Waals surface area (Å²) in [4.78, 5) is 21.1. The first kappa shape index (κ1) is 12.6. The van der Waals surface area contributed by atoms with Crippen molar-refractivity contribution in [3.8, 4) is 5.69 Å². The highest BCUT2D eigenvalue weighted by molar-refractivity contribution is 5.82. The molecule has 0 saturated carbocycles. The molecule has 0 radical (unpaired) electrons. The van der Waals surface area contributed by atoms with Crippen molar-refractivity contribution >= 4 is 16.7 Å². The normalized spacial score (nSPS) is 11.4. The molecule has 0 aliphatic rings. The Morgan fingerprint density at radius 2 is 1.91 bits per heavy atom. The number of aromatic nitrogens is 5. The van der Waals surface area contributed by atoms with E-state index in [0.717, 1.165) is 0 Å². The van der Waals surface area contributed by atoms with Crippen molar-refractivity contribution in [2.45, 2.75) is 6.92 Å². The summed E-state index contributed by atoms with van der Waals surface area (Å²) in [5.74, 6) is 0.101. The van der Waals surface area contributed by atoms with Crippen LogP contribution in [0.2, 0.25) is 0 Å². The van der Waals surface area contributed by atoms with Crippen LogP contribution in [0.4, 0.5) is 4.39 Å². The van der Waals surface area contributed by atoms with Gasteiger partial charge in [-0.05, 0) is 37.3 Å². The number of aryl methyl sites for hydroxylation is 1. The van der Waals surface area contributed by atoms with Crippen molar-refractivity contribution < 1.29 is 4.39 Å². The lowest BCUT2D eigenvalue weighted by molar-refractivity contribution is 0.627. The van der Waals surface area contributed by atoms with Gasteiger partial charge in [-0.3, -0.25) is 9.36 Å². The molecule has 0 N–H and O–H groups in total. The summed E-state index contributed by atoms with van der Waals surface area (Å²) in [6, 6.07) is 7.52. The van der Waals surface area contributed by atoms with Gasteiger partial charge in [-0.15, -0.1) is 0 Å². The monoisotopic (exact) mass is 295 g/mol. The lowest BCUT2D eigenvalue weighted by atomic mass is 10.2. The number of fused-ring (bicyclic) bond motifs is 3. The van der Waals surface area contributed by atoms with Crippen LogP contribution in [0.1, 0.15) is 5.69 Å². The fourth-order valence-corrected chi connectivity index (χ4v) is 2.54. The first-order valence-corrected chi connectivity index (χ1v) is 6.63. The largest absolute Gasteiger partial charge is 0.284 e. The lowest BCUT2D eigenvalue weighted by Gasteiger charge is -2.09. The van der Waals surface area contributed by atoms with Crippen LogP contribution in [-0.2, 0) is 0 Å². The van der Waals surface area contributed by atoms with Crippen molar-refractivity contribution in [1.82, 2.24) is 24.1 Å². The van der Waals surface area contributed by atoms with Gasteiger partial charge >= 0.3 is 0 Å². The summed E-state index contributed by atoms with van der Waals surface area (Å²) >= 11 is 0. The third-order valence-corrected chi connectivity index (χ3v) is 3.56. The summed E-state index contributed by atoms with van der Waals surface area (Å²) in [7, 11) is 0. The van der Waals surface area contributed by atoms with Gasteiger partial charge in [-0.25, -0.2) is 9.37 Å². The topological polar surface area (TPSA) is 65.1 Å². The van der Waals surface area contributed by atoms with Gasteiger partial charge < -0.3 is 0 Å². The molecular weight excluding hydrogens is 285 g/mol. The summed E-state index contributed by atoms with van der Waals surface area (Å²) in [5, 5.41) is 4.55. The molecule has 0 fully saturated rings. The molecule has 108 valence electrons. The second-order valence-electron chi connectivity index (χ2n) is 4.90. The van der Waals surface area contributed by atoms with E-state index >= 15 is 0 Å². The molecule has 6 nitrogen and oxygen atoms in total. The third kappa shape index (κ3) is 1.72. The lowest BCUT2D eigenvalue weighted by Crippen LogP contribution is -2.20. The molecule has 7 heteroatoms. The van der Waals surface area contributed by atoms with Gasteiger partial charge in [0.05, 0.1) is 16.6 Å². The van der Waals surface area contributed by atoms with E-state index < -0.39 is 0 Å². The summed E-state index contributed by atoms with van der Waals surface area (Å²) in [6.07, 6.45) is 3.03. The van der Waals surface area contributed by atoms with Crippen LogP contribution < -0.4 is 5.56 Å². The molecule has 3 aromatic heterocycles. The van der Waals surface area contributed by atoms with Gasteiger partial charge in [0.1, 0.15) is 12.1 Å². The van der Waals surface area contributed by atoms with E-state index in [1.807, 2.05) is 0 Å². The standard InChI is InChI=1S/C15H10FN5O/c1-9-13-12(21-15(19-9)17-8-18-21)6-7-20(14(13)22)11-4-2-10(16)3-5-11/h2-8H,1H3. The Morgan fingerprint density at radius 3 is 2.68 bits per heavy atom. The van der Waals surface area contributed by atoms with E-state index in [4.69, 9.17) is 0 Å². The maximum absolute atomic E-state index is 13.0. The Bertz CT molecular complexity index is 1070. The van der Waals surface area contributed by atoms with Crippen LogP contribution in [0, 0.1) is 12.7 Å². The van der Waals surface area contributed by atoms with Gasteiger partial charge in [0.2, 0.25) is 0 Å². The average Bonchev–Trinajstić information content (AvgIpc) is 2.97. The maximum atomic E-state index is 13.0. The van der Waals surface area contributed by atoms with Gasteiger partial charge in [0.25, 0.3) is 11.3 Å². The van der Waals surface area contributed by atoms with Crippen LogP contribution in [-0.4, -0.2) is 24.1 Å². The number of hydrogen-bond donors (Lipinski definition) is 0. The Hall–Kier alpha value is -3.09. The fraction of sp³-hybridized carbons (Fsp3) is 0.0667. The molecule has 0 aliphatic heterocycles. The molecule has 1 aromatic carbocycles. The first-order chi connectivity index (χ1) is 10.6. The Labute approximate surface area is 123 Å². The van der Waals surface area contributed by atoms with E-state index in [0.29, 0.717) is 28.1 Å². The minimum absolute atomic E-state index is 0.230. The van der Waals surface area contributed by atoms with E-state index in [-0.39, 0.29) is 11.4 Å². The minimum Gasteiger partial charge on any atom is -0.284 e. The van der Waals surface area contributed by atoms with Crippen molar-refractivity contribution in [2.24, 2.45) is 0 Å². The molecule has 4 rings (SSSR count). The maximum Gasteiger partial charge on any atom is 0.266 e. The molecule has 0 amide bonds. The van der Waals surface area contributed by atoms with Gasteiger partial charge in [-0.2, -0.15) is 14.6 Å². The highest BCUT2D eigenvalue weighted by atomic mass is 19.1. The van der Waals surface area contributed by atoms with E-state index in [1.165, 1.54) is 27.5 Å². The van der Waals surface area contributed by atoms with Crippen LogP contribution in [0.15, 0.2) is 47.7 Å². The molecular formula is C15H10FN5O. The smallest absolute Gasteiger partial charge is 0.266 e. The molecule has 0 saturated heterocycles. The van der Waals surface area contributed by atoms with E-state index in [2.05, 4.69) is 15.1 Å². The Balaban J connectivity index is 2.09. The molecule has 3 heterocycles. The molecule has 4 aromatic rings. The first-order valence-electron chi connectivity index (χ1n) is 6.63. The SMILES string of the molecule is Cc1nc2ncnn2c2ccn(-c3ccc(F)cc3)c(=O)c12. The van der Waals surface area contributed by atoms with Gasteiger partial charge in [-0.1, -0.05) is 0 Å². The zero-order valence-corrected chi connectivity index (χ0v) is 11.6. The highest BCUT2D eigenvalue weighted by Gasteiger charge is 2.12. The summed E-state index contributed by atoms with van der Waals surface area (Å²) in [6.45, 7) is 1.76. The number of nitrogens with zero attached hydrogens (tertiary/aromatic N) is 5. The van der Waals surface area contributed by atoms with Crippen molar-refractivity contribution in [3.63, 3.8) is 0 Å². The number of benzene rings is 1. The zero-order chi connectivity index (χ0) is 15.3. The van der Waals surface area contributed by atoms with Crippen molar-refractivity contribution in [1.29, 1.82) is 0 Å².